The largest absolute Gasteiger partial charge is 0.496 e. The van der Waals surface area contributed by atoms with Gasteiger partial charge in [-0.15, -0.1) is 0 Å². The van der Waals surface area contributed by atoms with E-state index in [0.29, 0.717) is 31.8 Å². The zero-order valence-corrected chi connectivity index (χ0v) is 16.2. The second-order valence-corrected chi connectivity index (χ2v) is 8.62. The van der Waals surface area contributed by atoms with Gasteiger partial charge < -0.3 is 14.8 Å². The molecule has 0 unspecified atom stereocenters. The molecule has 1 fully saturated rings. The smallest absolute Gasteiger partial charge is 0.259 e. The Hall–Kier alpha value is -2.59. The molecule has 156 valence electrons. The van der Waals surface area contributed by atoms with E-state index in [1.165, 1.54) is 19.2 Å². The van der Waals surface area contributed by atoms with Crippen molar-refractivity contribution in [2.24, 2.45) is 5.92 Å². The van der Waals surface area contributed by atoms with Crippen molar-refractivity contribution in [2.75, 3.05) is 31.4 Å². The Morgan fingerprint density at radius 2 is 1.90 bits per heavy atom. The molecule has 0 bridgehead atoms. The predicted octanol–water partition coefficient (Wildman–Crippen LogP) is 3.18. The standard InChI is InChI=1S/C19H18F3NO5S/c1-27-17-3-2-13(29(25,26)10-11-4-5-28-9-11)8-14(17)19(24)23-12-6-15(20)18(22)16(21)7-12/h2-3,6-8,11H,4-5,9-10H2,1H3,(H,23,24)/t11-/m0/s1. The minimum atomic E-state index is -3.70. The topological polar surface area (TPSA) is 81.7 Å². The van der Waals surface area contributed by atoms with E-state index >= 15 is 0 Å². The van der Waals surface area contributed by atoms with Crippen molar-refractivity contribution in [2.45, 2.75) is 11.3 Å². The summed E-state index contributed by atoms with van der Waals surface area (Å²) < 4.78 is 75.5. The molecular formula is C19H18F3NO5S. The quantitative estimate of drug-likeness (QED) is 0.714. The van der Waals surface area contributed by atoms with Gasteiger partial charge in [-0.3, -0.25) is 4.79 Å². The lowest BCUT2D eigenvalue weighted by Gasteiger charge is -2.13. The Bertz CT molecular complexity index is 1010. The molecule has 6 nitrogen and oxygen atoms in total. The Balaban J connectivity index is 1.89. The number of ether oxygens (including phenoxy) is 2. The maximum atomic E-state index is 13.4. The number of carbonyl (C=O) groups is 1. The fourth-order valence-corrected chi connectivity index (χ4v) is 4.65. The number of halogens is 3. The van der Waals surface area contributed by atoms with E-state index in [1.807, 2.05) is 0 Å². The number of nitrogens with one attached hydrogen (secondary N) is 1. The number of hydrogen-bond acceptors (Lipinski definition) is 5. The lowest BCUT2D eigenvalue weighted by Crippen LogP contribution is -2.18. The third kappa shape index (κ3) is 4.70. The number of amides is 1. The summed E-state index contributed by atoms with van der Waals surface area (Å²) in [6.45, 7) is 0.853. The molecule has 2 aromatic carbocycles. The van der Waals surface area contributed by atoms with Crippen molar-refractivity contribution in [1.29, 1.82) is 0 Å². The number of benzene rings is 2. The van der Waals surface area contributed by atoms with Crippen LogP contribution in [0.3, 0.4) is 0 Å². The van der Waals surface area contributed by atoms with Crippen molar-refractivity contribution in [3.63, 3.8) is 0 Å². The van der Waals surface area contributed by atoms with Gasteiger partial charge in [0.2, 0.25) is 0 Å². The van der Waals surface area contributed by atoms with Crippen LogP contribution in [-0.4, -0.2) is 40.4 Å². The highest BCUT2D eigenvalue weighted by molar-refractivity contribution is 7.91. The van der Waals surface area contributed by atoms with E-state index in [0.717, 1.165) is 6.07 Å². The number of sulfone groups is 1. The maximum Gasteiger partial charge on any atom is 0.259 e. The van der Waals surface area contributed by atoms with E-state index in [9.17, 15) is 26.4 Å². The Morgan fingerprint density at radius 3 is 2.48 bits per heavy atom. The first-order valence-corrected chi connectivity index (χ1v) is 10.3. The van der Waals surface area contributed by atoms with Crippen LogP contribution in [0.5, 0.6) is 5.75 Å². The number of methoxy groups -OCH3 is 1. The van der Waals surface area contributed by atoms with Gasteiger partial charge in [-0.25, -0.2) is 21.6 Å². The zero-order valence-electron chi connectivity index (χ0n) is 15.4. The molecule has 10 heteroatoms. The van der Waals surface area contributed by atoms with Crippen LogP contribution in [0.4, 0.5) is 18.9 Å². The summed E-state index contributed by atoms with van der Waals surface area (Å²) >= 11 is 0. The van der Waals surface area contributed by atoms with Crippen LogP contribution < -0.4 is 10.1 Å². The SMILES string of the molecule is COc1ccc(S(=O)(=O)C[C@H]2CCOC2)cc1C(=O)Nc1cc(F)c(F)c(F)c1. The van der Waals surface area contributed by atoms with Crippen LogP contribution in [0.2, 0.25) is 0 Å². The molecule has 0 radical (unpaired) electrons. The van der Waals surface area contributed by atoms with Gasteiger partial charge in [0.25, 0.3) is 5.91 Å². The number of hydrogen-bond donors (Lipinski definition) is 1. The molecule has 3 rings (SSSR count). The molecule has 1 amide bonds. The predicted molar refractivity (Wildman–Crippen MR) is 98.2 cm³/mol. The molecule has 1 heterocycles. The first kappa shape index (κ1) is 21.1. The second-order valence-electron chi connectivity index (χ2n) is 6.58. The zero-order chi connectivity index (χ0) is 21.2. The summed E-state index contributed by atoms with van der Waals surface area (Å²) in [5.74, 6) is -5.67. The van der Waals surface area contributed by atoms with Gasteiger partial charge in [0.05, 0.1) is 29.9 Å². The molecule has 0 saturated carbocycles. The van der Waals surface area contributed by atoms with Gasteiger partial charge in [0.15, 0.2) is 27.3 Å². The summed E-state index contributed by atoms with van der Waals surface area (Å²) in [6.07, 6.45) is 0.629. The normalized spacial score (nSPS) is 16.6. The highest BCUT2D eigenvalue weighted by Gasteiger charge is 2.26. The van der Waals surface area contributed by atoms with Crippen LogP contribution in [0.15, 0.2) is 35.2 Å². The van der Waals surface area contributed by atoms with Gasteiger partial charge in [0, 0.05) is 24.4 Å². The highest BCUT2D eigenvalue weighted by atomic mass is 32.2. The van der Waals surface area contributed by atoms with Gasteiger partial charge in [-0.05, 0) is 30.5 Å². The van der Waals surface area contributed by atoms with E-state index in [1.54, 1.807) is 0 Å². The molecule has 0 aromatic heterocycles. The van der Waals surface area contributed by atoms with Crippen LogP contribution in [0.1, 0.15) is 16.8 Å². The number of carbonyl (C=O) groups excluding carboxylic acids is 1. The summed E-state index contributed by atoms with van der Waals surface area (Å²) in [4.78, 5) is 12.5. The maximum absolute atomic E-state index is 13.4. The monoisotopic (exact) mass is 429 g/mol. The van der Waals surface area contributed by atoms with E-state index in [2.05, 4.69) is 5.32 Å². The lowest BCUT2D eigenvalue weighted by molar-refractivity contribution is 0.102. The minimum Gasteiger partial charge on any atom is -0.496 e. The van der Waals surface area contributed by atoms with Crippen molar-refractivity contribution in [3.8, 4) is 5.75 Å². The van der Waals surface area contributed by atoms with Crippen molar-refractivity contribution < 1.29 is 35.9 Å². The van der Waals surface area contributed by atoms with Crippen molar-refractivity contribution >= 4 is 21.4 Å². The third-order valence-corrected chi connectivity index (χ3v) is 6.38. The second kappa shape index (κ2) is 8.42. The van der Waals surface area contributed by atoms with Crippen molar-refractivity contribution in [1.82, 2.24) is 0 Å². The summed E-state index contributed by atoms with van der Waals surface area (Å²) in [7, 11) is -2.42. The fraction of sp³-hybridized carbons (Fsp3) is 0.316. The van der Waals surface area contributed by atoms with E-state index in [-0.39, 0.29) is 33.6 Å². The third-order valence-electron chi connectivity index (χ3n) is 4.50. The summed E-state index contributed by atoms with van der Waals surface area (Å²) in [6, 6.07) is 5.00. The summed E-state index contributed by atoms with van der Waals surface area (Å²) in [5.41, 5.74) is -0.480. The highest BCUT2D eigenvalue weighted by Crippen LogP contribution is 2.27. The fourth-order valence-electron chi connectivity index (χ4n) is 3.01. The lowest BCUT2D eigenvalue weighted by atomic mass is 10.1. The van der Waals surface area contributed by atoms with Crippen LogP contribution in [-0.2, 0) is 14.6 Å². The Labute approximate surface area is 165 Å². The van der Waals surface area contributed by atoms with Gasteiger partial charge in [-0.1, -0.05) is 0 Å². The average molecular weight is 429 g/mol. The van der Waals surface area contributed by atoms with Crippen LogP contribution in [0.25, 0.3) is 0 Å². The average Bonchev–Trinajstić information content (AvgIpc) is 3.17. The molecule has 0 aliphatic carbocycles. The van der Waals surface area contributed by atoms with Crippen LogP contribution >= 0.6 is 0 Å². The summed E-state index contributed by atoms with van der Waals surface area (Å²) in [5, 5.41) is 2.21. The molecule has 0 spiro atoms. The molecule has 1 aliphatic heterocycles. The Morgan fingerprint density at radius 1 is 1.21 bits per heavy atom. The Kier molecular flexibility index (Phi) is 6.13. The van der Waals surface area contributed by atoms with E-state index in [4.69, 9.17) is 9.47 Å². The van der Waals surface area contributed by atoms with E-state index < -0.39 is 33.2 Å². The van der Waals surface area contributed by atoms with Crippen LogP contribution in [0, 0.1) is 23.4 Å². The minimum absolute atomic E-state index is 0.0636. The molecule has 29 heavy (non-hydrogen) atoms. The first-order chi connectivity index (χ1) is 13.7. The van der Waals surface area contributed by atoms with Gasteiger partial charge >= 0.3 is 0 Å². The van der Waals surface area contributed by atoms with Gasteiger partial charge in [0.1, 0.15) is 5.75 Å². The first-order valence-electron chi connectivity index (χ1n) is 8.65. The molecule has 1 N–H and O–H groups in total. The number of anilines is 1. The number of rotatable bonds is 6. The molecule has 1 saturated heterocycles. The van der Waals surface area contributed by atoms with Gasteiger partial charge in [-0.2, -0.15) is 0 Å². The van der Waals surface area contributed by atoms with Crippen molar-refractivity contribution in [3.05, 3.63) is 53.3 Å². The molecule has 1 atom stereocenters. The molecular weight excluding hydrogens is 411 g/mol. The molecule has 1 aliphatic rings. The molecule has 2 aromatic rings.